The SMILES string of the molecule is CC[C@@H](NC(=O)Nc1c(C)cccc1C)C(=O)O. The molecule has 0 radical (unpaired) electrons. The Morgan fingerprint density at radius 1 is 1.28 bits per heavy atom. The summed E-state index contributed by atoms with van der Waals surface area (Å²) >= 11 is 0. The molecule has 0 saturated heterocycles. The molecule has 5 heteroatoms. The van der Waals surface area contributed by atoms with Crippen molar-refractivity contribution in [3.05, 3.63) is 29.3 Å². The van der Waals surface area contributed by atoms with Crippen molar-refractivity contribution < 1.29 is 14.7 Å². The summed E-state index contributed by atoms with van der Waals surface area (Å²) in [6, 6.07) is 4.31. The average Bonchev–Trinajstić information content (AvgIpc) is 2.30. The zero-order valence-corrected chi connectivity index (χ0v) is 10.8. The molecule has 1 aromatic carbocycles. The third-order valence-electron chi connectivity index (χ3n) is 2.73. The molecule has 0 fully saturated rings. The third kappa shape index (κ3) is 3.48. The number of carboxylic acid groups (broad SMARTS) is 1. The number of hydrogen-bond acceptors (Lipinski definition) is 2. The van der Waals surface area contributed by atoms with E-state index in [1.807, 2.05) is 32.0 Å². The Kier molecular flexibility index (Phi) is 4.71. The third-order valence-corrected chi connectivity index (χ3v) is 2.73. The summed E-state index contributed by atoms with van der Waals surface area (Å²) in [6.45, 7) is 5.48. The number of aryl methyl sites for hydroxylation is 2. The van der Waals surface area contributed by atoms with Crippen molar-refractivity contribution in [3.63, 3.8) is 0 Å². The van der Waals surface area contributed by atoms with Gasteiger partial charge in [0.2, 0.25) is 0 Å². The van der Waals surface area contributed by atoms with Gasteiger partial charge in [0.1, 0.15) is 6.04 Å². The Labute approximate surface area is 106 Å². The van der Waals surface area contributed by atoms with Crippen LogP contribution < -0.4 is 10.6 Å². The van der Waals surface area contributed by atoms with E-state index in [4.69, 9.17) is 5.11 Å². The van der Waals surface area contributed by atoms with Crippen molar-refractivity contribution in [2.75, 3.05) is 5.32 Å². The Morgan fingerprint density at radius 3 is 2.28 bits per heavy atom. The van der Waals surface area contributed by atoms with Crippen LogP contribution >= 0.6 is 0 Å². The normalized spacial score (nSPS) is 11.7. The molecule has 0 spiro atoms. The molecule has 0 bridgehead atoms. The van der Waals surface area contributed by atoms with E-state index < -0.39 is 18.0 Å². The predicted molar refractivity (Wildman–Crippen MR) is 69.8 cm³/mol. The number of urea groups is 1. The Hall–Kier alpha value is -2.04. The Balaban J connectivity index is 2.73. The number of amides is 2. The molecule has 2 amide bonds. The molecular formula is C13H18N2O3. The van der Waals surface area contributed by atoms with Crippen LogP contribution in [0, 0.1) is 13.8 Å². The molecule has 0 saturated carbocycles. The van der Waals surface area contributed by atoms with Gasteiger partial charge in [0.25, 0.3) is 0 Å². The summed E-state index contributed by atoms with van der Waals surface area (Å²) in [5.74, 6) is -1.03. The van der Waals surface area contributed by atoms with Gasteiger partial charge in [-0.15, -0.1) is 0 Å². The number of para-hydroxylation sites is 1. The van der Waals surface area contributed by atoms with Crippen molar-refractivity contribution in [2.45, 2.75) is 33.2 Å². The zero-order valence-electron chi connectivity index (χ0n) is 10.8. The smallest absolute Gasteiger partial charge is 0.326 e. The maximum atomic E-state index is 11.7. The largest absolute Gasteiger partial charge is 0.480 e. The van der Waals surface area contributed by atoms with Crippen LogP contribution in [-0.4, -0.2) is 23.1 Å². The summed E-state index contributed by atoms with van der Waals surface area (Å²) in [6.07, 6.45) is 0.343. The van der Waals surface area contributed by atoms with Crippen LogP contribution in [0.25, 0.3) is 0 Å². The molecule has 1 rings (SSSR count). The second-order valence-electron chi connectivity index (χ2n) is 4.16. The number of carbonyl (C=O) groups excluding carboxylic acids is 1. The lowest BCUT2D eigenvalue weighted by atomic mass is 10.1. The highest BCUT2D eigenvalue weighted by molar-refractivity contribution is 5.93. The number of nitrogens with one attached hydrogen (secondary N) is 2. The van der Waals surface area contributed by atoms with E-state index in [-0.39, 0.29) is 0 Å². The van der Waals surface area contributed by atoms with Crippen molar-refractivity contribution in [1.29, 1.82) is 0 Å². The van der Waals surface area contributed by atoms with Gasteiger partial charge in [-0.25, -0.2) is 9.59 Å². The van der Waals surface area contributed by atoms with Crippen LogP contribution in [-0.2, 0) is 4.79 Å². The molecule has 5 nitrogen and oxygen atoms in total. The van der Waals surface area contributed by atoms with Gasteiger partial charge in [-0.2, -0.15) is 0 Å². The number of rotatable bonds is 4. The topological polar surface area (TPSA) is 78.4 Å². The first-order valence-corrected chi connectivity index (χ1v) is 5.82. The first-order chi connectivity index (χ1) is 8.45. The fourth-order valence-corrected chi connectivity index (χ4v) is 1.66. The first-order valence-electron chi connectivity index (χ1n) is 5.82. The highest BCUT2D eigenvalue weighted by atomic mass is 16.4. The number of carbonyl (C=O) groups is 2. The lowest BCUT2D eigenvalue weighted by Crippen LogP contribution is -2.42. The number of carboxylic acids is 1. The molecule has 18 heavy (non-hydrogen) atoms. The number of aliphatic carboxylic acids is 1. The predicted octanol–water partition coefficient (Wildman–Crippen LogP) is 2.29. The Bertz CT molecular complexity index is 437. The van der Waals surface area contributed by atoms with Crippen molar-refractivity contribution in [2.24, 2.45) is 0 Å². The summed E-state index contributed by atoms with van der Waals surface area (Å²) in [4.78, 5) is 22.5. The standard InChI is InChI=1S/C13H18N2O3/c1-4-10(12(16)17)14-13(18)15-11-8(2)6-5-7-9(11)3/h5-7,10H,4H2,1-3H3,(H,16,17)(H2,14,15,18)/t10-/m1/s1. The molecule has 1 atom stereocenters. The molecule has 1 aromatic rings. The van der Waals surface area contributed by atoms with Gasteiger partial charge in [0.15, 0.2) is 0 Å². The van der Waals surface area contributed by atoms with Gasteiger partial charge < -0.3 is 15.7 Å². The number of anilines is 1. The minimum Gasteiger partial charge on any atom is -0.480 e. The summed E-state index contributed by atoms with van der Waals surface area (Å²) in [7, 11) is 0. The highest BCUT2D eigenvalue weighted by Gasteiger charge is 2.18. The molecule has 0 heterocycles. The van der Waals surface area contributed by atoms with Crippen LogP contribution in [0.4, 0.5) is 10.5 Å². The lowest BCUT2D eigenvalue weighted by Gasteiger charge is -2.15. The first kappa shape index (κ1) is 14.0. The van der Waals surface area contributed by atoms with Crippen LogP contribution in [0.1, 0.15) is 24.5 Å². The van der Waals surface area contributed by atoms with Crippen molar-refractivity contribution in [1.82, 2.24) is 5.32 Å². The number of benzene rings is 1. The van der Waals surface area contributed by atoms with Gasteiger partial charge in [-0.1, -0.05) is 25.1 Å². The van der Waals surface area contributed by atoms with Crippen LogP contribution in [0.2, 0.25) is 0 Å². The average molecular weight is 250 g/mol. The molecule has 0 aromatic heterocycles. The van der Waals surface area contributed by atoms with Gasteiger partial charge in [-0.05, 0) is 31.4 Å². The van der Waals surface area contributed by atoms with E-state index >= 15 is 0 Å². The molecule has 0 aliphatic heterocycles. The lowest BCUT2D eigenvalue weighted by molar-refractivity contribution is -0.139. The quantitative estimate of drug-likeness (QED) is 0.767. The molecule has 3 N–H and O–H groups in total. The summed E-state index contributed by atoms with van der Waals surface area (Å²) in [5.41, 5.74) is 2.59. The molecular weight excluding hydrogens is 232 g/mol. The van der Waals surface area contributed by atoms with E-state index in [1.54, 1.807) is 6.92 Å². The zero-order chi connectivity index (χ0) is 13.7. The maximum absolute atomic E-state index is 11.7. The minimum absolute atomic E-state index is 0.343. The molecule has 98 valence electrons. The summed E-state index contributed by atoms with van der Waals surface area (Å²) < 4.78 is 0. The van der Waals surface area contributed by atoms with Gasteiger partial charge in [-0.3, -0.25) is 0 Å². The van der Waals surface area contributed by atoms with E-state index in [0.717, 1.165) is 16.8 Å². The second kappa shape index (κ2) is 6.05. The van der Waals surface area contributed by atoms with Crippen LogP contribution in [0.15, 0.2) is 18.2 Å². The van der Waals surface area contributed by atoms with Gasteiger partial charge in [0.05, 0.1) is 0 Å². The van der Waals surface area contributed by atoms with Gasteiger partial charge in [0, 0.05) is 5.69 Å². The fourth-order valence-electron chi connectivity index (χ4n) is 1.66. The van der Waals surface area contributed by atoms with Crippen molar-refractivity contribution in [3.8, 4) is 0 Å². The molecule has 0 aliphatic rings. The van der Waals surface area contributed by atoms with E-state index in [9.17, 15) is 9.59 Å². The molecule has 0 aliphatic carbocycles. The minimum atomic E-state index is -1.03. The van der Waals surface area contributed by atoms with Crippen LogP contribution in [0.5, 0.6) is 0 Å². The van der Waals surface area contributed by atoms with Gasteiger partial charge >= 0.3 is 12.0 Å². The van der Waals surface area contributed by atoms with E-state index in [0.29, 0.717) is 6.42 Å². The monoisotopic (exact) mass is 250 g/mol. The Morgan fingerprint density at radius 2 is 1.83 bits per heavy atom. The maximum Gasteiger partial charge on any atom is 0.326 e. The second-order valence-corrected chi connectivity index (χ2v) is 4.16. The fraction of sp³-hybridized carbons (Fsp3) is 0.385. The summed E-state index contributed by atoms with van der Waals surface area (Å²) in [5, 5.41) is 14.0. The highest BCUT2D eigenvalue weighted by Crippen LogP contribution is 2.19. The molecule has 0 unspecified atom stereocenters. The van der Waals surface area contributed by atoms with Crippen molar-refractivity contribution >= 4 is 17.7 Å². The van der Waals surface area contributed by atoms with E-state index in [2.05, 4.69) is 10.6 Å². The van der Waals surface area contributed by atoms with E-state index in [1.165, 1.54) is 0 Å². The number of hydrogen-bond donors (Lipinski definition) is 3. The van der Waals surface area contributed by atoms with Crippen LogP contribution in [0.3, 0.4) is 0 Å².